The van der Waals surface area contributed by atoms with Crippen molar-refractivity contribution in [3.8, 4) is 0 Å². The molecule has 12 heteroatoms. The Balaban J connectivity index is 2.07. The van der Waals surface area contributed by atoms with E-state index in [2.05, 4.69) is 10.6 Å². The summed E-state index contributed by atoms with van der Waals surface area (Å²) in [6, 6.07) is 0. The highest BCUT2D eigenvalue weighted by Gasteiger charge is 2.43. The molecule has 8 N–H and O–H groups in total. The molecule has 0 spiro atoms. The summed E-state index contributed by atoms with van der Waals surface area (Å²) in [6.07, 6.45) is -3.43. The Morgan fingerprint density at radius 3 is 2.13 bits per heavy atom. The molecule has 0 aliphatic carbocycles. The molecule has 0 unspecified atom stereocenters. The van der Waals surface area contributed by atoms with Gasteiger partial charge in [-0.05, 0) is 12.8 Å². The van der Waals surface area contributed by atoms with E-state index in [4.69, 9.17) is 20.3 Å². The first-order chi connectivity index (χ1) is 14.3. The Morgan fingerprint density at radius 2 is 1.53 bits per heavy atom. The number of nitrogens with two attached hydrogens (primary N) is 1. The summed E-state index contributed by atoms with van der Waals surface area (Å²) in [6.45, 7) is -0.610. The largest absolute Gasteiger partial charge is 0.394 e. The Bertz CT molecular complexity index is 547. The Hall–Kier alpha value is -1.67. The average molecular weight is 435 g/mol. The smallest absolute Gasteiger partial charge is 0.240 e. The maximum Gasteiger partial charge on any atom is 0.240 e. The summed E-state index contributed by atoms with van der Waals surface area (Å²) < 4.78 is 10.5. The molecule has 3 amide bonds. The monoisotopic (exact) mass is 435 g/mol. The van der Waals surface area contributed by atoms with Crippen molar-refractivity contribution in [3.63, 3.8) is 0 Å². The van der Waals surface area contributed by atoms with Crippen LogP contribution in [0, 0.1) is 0 Å². The van der Waals surface area contributed by atoms with Crippen LogP contribution in [0.4, 0.5) is 0 Å². The first-order valence-corrected chi connectivity index (χ1v) is 10.0. The molecule has 5 atom stereocenters. The van der Waals surface area contributed by atoms with Crippen molar-refractivity contribution in [2.24, 2.45) is 5.73 Å². The van der Waals surface area contributed by atoms with Crippen molar-refractivity contribution < 1.29 is 44.3 Å². The van der Waals surface area contributed by atoms with Crippen LogP contribution in [-0.2, 0) is 23.9 Å². The zero-order valence-electron chi connectivity index (χ0n) is 16.9. The van der Waals surface area contributed by atoms with Gasteiger partial charge in [-0.25, -0.2) is 0 Å². The van der Waals surface area contributed by atoms with Gasteiger partial charge in [-0.2, -0.15) is 0 Å². The Kier molecular flexibility index (Phi) is 12.6. The molecule has 0 radical (unpaired) electrons. The standard InChI is InChI=1S/C18H33N3O9/c19-9-14(25)21-13(24)6-4-2-1-3-5-12(23)20-7-8-29-18-17(28)16(27)15(26)11(10-22)30-18/h11,15-18,22,26-28H,1-10,19H2,(H,20,23)(H,21,24,25)/t11-,15-,16+,17+,18+/m1/s1. The van der Waals surface area contributed by atoms with Crippen molar-refractivity contribution >= 4 is 17.7 Å². The molecule has 30 heavy (non-hydrogen) atoms. The van der Waals surface area contributed by atoms with Gasteiger partial charge in [0.15, 0.2) is 6.29 Å². The fourth-order valence-corrected chi connectivity index (χ4v) is 2.85. The second-order valence-corrected chi connectivity index (χ2v) is 7.01. The molecule has 0 aromatic rings. The molecular weight excluding hydrogens is 402 g/mol. The van der Waals surface area contributed by atoms with E-state index >= 15 is 0 Å². The summed E-state index contributed by atoms with van der Waals surface area (Å²) in [7, 11) is 0. The van der Waals surface area contributed by atoms with Crippen molar-refractivity contribution in [2.75, 3.05) is 26.3 Å². The molecular formula is C18H33N3O9. The van der Waals surface area contributed by atoms with Crippen molar-refractivity contribution in [3.05, 3.63) is 0 Å². The molecule has 1 saturated heterocycles. The number of ether oxygens (including phenoxy) is 2. The second-order valence-electron chi connectivity index (χ2n) is 7.01. The fourth-order valence-electron chi connectivity index (χ4n) is 2.85. The van der Waals surface area contributed by atoms with Gasteiger partial charge in [0.1, 0.15) is 24.4 Å². The quantitative estimate of drug-likeness (QED) is 0.145. The van der Waals surface area contributed by atoms with Gasteiger partial charge in [0.25, 0.3) is 0 Å². The van der Waals surface area contributed by atoms with Crippen LogP contribution >= 0.6 is 0 Å². The van der Waals surface area contributed by atoms with Crippen molar-refractivity contribution in [2.45, 2.75) is 69.2 Å². The number of unbranched alkanes of at least 4 members (excludes halogenated alkanes) is 3. The van der Waals surface area contributed by atoms with Gasteiger partial charge in [-0.1, -0.05) is 12.8 Å². The topological polar surface area (TPSA) is 201 Å². The number of aliphatic hydroxyl groups excluding tert-OH is 4. The first kappa shape index (κ1) is 26.4. The molecule has 1 fully saturated rings. The number of carbonyl (C=O) groups is 3. The number of rotatable bonds is 13. The first-order valence-electron chi connectivity index (χ1n) is 10.0. The molecule has 12 nitrogen and oxygen atoms in total. The van der Waals surface area contributed by atoms with Gasteiger partial charge in [0.2, 0.25) is 17.7 Å². The third-order valence-corrected chi connectivity index (χ3v) is 4.58. The molecule has 174 valence electrons. The van der Waals surface area contributed by atoms with Crippen LogP contribution in [-0.4, -0.2) is 95.2 Å². The summed E-state index contributed by atoms with van der Waals surface area (Å²) in [5.74, 6) is -1.05. The van der Waals surface area contributed by atoms with E-state index in [9.17, 15) is 29.7 Å². The van der Waals surface area contributed by atoms with E-state index in [1.165, 1.54) is 0 Å². The maximum atomic E-state index is 11.8. The van der Waals surface area contributed by atoms with Crippen LogP contribution in [0.15, 0.2) is 0 Å². The van der Waals surface area contributed by atoms with E-state index in [0.717, 1.165) is 12.8 Å². The fraction of sp³-hybridized carbons (Fsp3) is 0.833. The zero-order chi connectivity index (χ0) is 22.5. The Labute approximate surface area is 174 Å². The Morgan fingerprint density at radius 1 is 0.900 bits per heavy atom. The normalized spacial score (nSPS) is 26.2. The third kappa shape index (κ3) is 9.43. The van der Waals surface area contributed by atoms with Gasteiger partial charge in [-0.15, -0.1) is 0 Å². The minimum absolute atomic E-state index is 0.00502. The molecule has 0 aromatic carbocycles. The number of aliphatic hydroxyl groups is 4. The summed E-state index contributed by atoms with van der Waals surface area (Å²) in [5, 5.41) is 43.1. The number of amides is 3. The minimum Gasteiger partial charge on any atom is -0.394 e. The number of hydrogen-bond acceptors (Lipinski definition) is 10. The van der Waals surface area contributed by atoms with Crippen LogP contribution in [0.3, 0.4) is 0 Å². The van der Waals surface area contributed by atoms with Gasteiger partial charge < -0.3 is 41.0 Å². The number of imide groups is 1. The lowest BCUT2D eigenvalue weighted by Gasteiger charge is -2.39. The lowest BCUT2D eigenvalue weighted by atomic mass is 9.99. The van der Waals surface area contributed by atoms with Gasteiger partial charge in [0, 0.05) is 19.4 Å². The maximum absolute atomic E-state index is 11.8. The SMILES string of the molecule is NCC(=O)NC(=O)CCCCCCC(=O)NCCO[C@H]1O[C@H](CO)[C@@H](O)[C@H](O)[C@@H]1O. The highest BCUT2D eigenvalue weighted by Crippen LogP contribution is 2.21. The predicted molar refractivity (Wildman–Crippen MR) is 103 cm³/mol. The van der Waals surface area contributed by atoms with Crippen LogP contribution in [0.5, 0.6) is 0 Å². The number of hydrogen-bond donors (Lipinski definition) is 7. The lowest BCUT2D eigenvalue weighted by molar-refractivity contribution is -0.300. The van der Waals surface area contributed by atoms with Gasteiger partial charge >= 0.3 is 0 Å². The molecule has 1 aliphatic rings. The third-order valence-electron chi connectivity index (χ3n) is 4.58. The molecule has 0 aromatic heterocycles. The van der Waals surface area contributed by atoms with Crippen molar-refractivity contribution in [1.82, 2.24) is 10.6 Å². The molecule has 1 rings (SSSR count). The zero-order valence-corrected chi connectivity index (χ0v) is 16.9. The van der Waals surface area contributed by atoms with E-state index < -0.39 is 43.2 Å². The molecule has 0 saturated carbocycles. The summed E-state index contributed by atoms with van der Waals surface area (Å²) in [5.41, 5.74) is 5.10. The van der Waals surface area contributed by atoms with Crippen LogP contribution in [0.1, 0.15) is 38.5 Å². The minimum atomic E-state index is -1.51. The summed E-state index contributed by atoms with van der Waals surface area (Å²) in [4.78, 5) is 34.1. The highest BCUT2D eigenvalue weighted by molar-refractivity contribution is 5.95. The van der Waals surface area contributed by atoms with E-state index in [-0.39, 0.29) is 37.9 Å². The number of nitrogens with one attached hydrogen (secondary N) is 2. The van der Waals surface area contributed by atoms with Crippen LogP contribution < -0.4 is 16.4 Å². The average Bonchev–Trinajstić information content (AvgIpc) is 2.73. The van der Waals surface area contributed by atoms with E-state index in [1.54, 1.807) is 0 Å². The second kappa shape index (κ2) is 14.4. The summed E-state index contributed by atoms with van der Waals surface area (Å²) >= 11 is 0. The molecule has 1 heterocycles. The predicted octanol–water partition coefficient (Wildman–Crippen LogP) is -3.14. The van der Waals surface area contributed by atoms with E-state index in [1.807, 2.05) is 0 Å². The highest BCUT2D eigenvalue weighted by atomic mass is 16.7. The van der Waals surface area contributed by atoms with Crippen LogP contribution in [0.2, 0.25) is 0 Å². The van der Waals surface area contributed by atoms with Crippen LogP contribution in [0.25, 0.3) is 0 Å². The van der Waals surface area contributed by atoms with E-state index in [0.29, 0.717) is 19.3 Å². The molecule has 1 aliphatic heterocycles. The van der Waals surface area contributed by atoms with Gasteiger partial charge in [-0.3, -0.25) is 19.7 Å². The van der Waals surface area contributed by atoms with Gasteiger partial charge in [0.05, 0.1) is 19.8 Å². The van der Waals surface area contributed by atoms with Crippen molar-refractivity contribution in [1.29, 1.82) is 0 Å². The number of carbonyl (C=O) groups excluding carboxylic acids is 3. The lowest BCUT2D eigenvalue weighted by Crippen LogP contribution is -2.59. The molecule has 0 bridgehead atoms.